The van der Waals surface area contributed by atoms with Gasteiger partial charge in [-0.1, -0.05) is 19.4 Å². The molecule has 0 saturated heterocycles. The minimum Gasteiger partial charge on any atom is -0.356 e. The summed E-state index contributed by atoms with van der Waals surface area (Å²) in [6.45, 7) is 5.35. The SMILES string of the molecule is CCCCNc1nc(C)cn1Cc1ccc(F)c(F)c1. The molecule has 0 unspecified atom stereocenters. The third kappa shape index (κ3) is 3.56. The normalized spacial score (nSPS) is 10.8. The maximum atomic E-state index is 13.2. The number of halogens is 2. The van der Waals surface area contributed by atoms with Crippen molar-refractivity contribution in [3.05, 3.63) is 47.3 Å². The zero-order chi connectivity index (χ0) is 14.5. The van der Waals surface area contributed by atoms with Gasteiger partial charge < -0.3 is 9.88 Å². The van der Waals surface area contributed by atoms with E-state index in [0.717, 1.165) is 37.1 Å². The van der Waals surface area contributed by atoms with Gasteiger partial charge in [0.2, 0.25) is 5.95 Å². The molecule has 1 aromatic carbocycles. The van der Waals surface area contributed by atoms with Crippen molar-refractivity contribution in [2.24, 2.45) is 0 Å². The van der Waals surface area contributed by atoms with E-state index in [2.05, 4.69) is 17.2 Å². The molecule has 5 heteroatoms. The Hall–Kier alpha value is -1.91. The number of aryl methyl sites for hydroxylation is 1. The molecule has 0 amide bonds. The molecule has 0 aliphatic rings. The van der Waals surface area contributed by atoms with Crippen LogP contribution in [-0.4, -0.2) is 16.1 Å². The van der Waals surface area contributed by atoms with E-state index in [1.807, 2.05) is 17.7 Å². The van der Waals surface area contributed by atoms with Gasteiger partial charge in [0.1, 0.15) is 0 Å². The van der Waals surface area contributed by atoms with Crippen molar-refractivity contribution in [1.29, 1.82) is 0 Å². The van der Waals surface area contributed by atoms with Gasteiger partial charge >= 0.3 is 0 Å². The van der Waals surface area contributed by atoms with Gasteiger partial charge in [-0.05, 0) is 31.0 Å². The second-order valence-corrected chi connectivity index (χ2v) is 4.86. The summed E-state index contributed by atoms with van der Waals surface area (Å²) in [6, 6.07) is 3.96. The van der Waals surface area contributed by atoms with Gasteiger partial charge in [-0.3, -0.25) is 0 Å². The number of aromatic nitrogens is 2. The Balaban J connectivity index is 2.13. The Kier molecular flexibility index (Phi) is 4.71. The van der Waals surface area contributed by atoms with Crippen LogP contribution in [0, 0.1) is 18.6 Å². The average Bonchev–Trinajstić information content (AvgIpc) is 2.74. The van der Waals surface area contributed by atoms with Crippen LogP contribution in [0.5, 0.6) is 0 Å². The van der Waals surface area contributed by atoms with E-state index in [9.17, 15) is 8.78 Å². The number of imidazole rings is 1. The lowest BCUT2D eigenvalue weighted by atomic mass is 10.2. The fraction of sp³-hybridized carbons (Fsp3) is 0.400. The molecule has 1 heterocycles. The molecule has 3 nitrogen and oxygen atoms in total. The second kappa shape index (κ2) is 6.50. The van der Waals surface area contributed by atoms with Gasteiger partial charge in [0.15, 0.2) is 11.6 Å². The number of rotatable bonds is 6. The van der Waals surface area contributed by atoms with Gasteiger partial charge in [-0.15, -0.1) is 0 Å². The molecule has 0 fully saturated rings. The summed E-state index contributed by atoms with van der Waals surface area (Å²) in [6.07, 6.45) is 4.07. The Morgan fingerprint density at radius 1 is 1.25 bits per heavy atom. The molecule has 0 atom stereocenters. The first kappa shape index (κ1) is 14.5. The highest BCUT2D eigenvalue weighted by Crippen LogP contribution is 2.14. The third-order valence-corrected chi connectivity index (χ3v) is 3.05. The topological polar surface area (TPSA) is 29.9 Å². The van der Waals surface area contributed by atoms with Crippen molar-refractivity contribution in [1.82, 2.24) is 9.55 Å². The Morgan fingerprint density at radius 3 is 2.75 bits per heavy atom. The van der Waals surface area contributed by atoms with E-state index in [1.54, 1.807) is 6.07 Å². The number of benzene rings is 1. The summed E-state index contributed by atoms with van der Waals surface area (Å²) < 4.78 is 28.1. The summed E-state index contributed by atoms with van der Waals surface area (Å²) in [4.78, 5) is 4.40. The molecular formula is C15H19F2N3. The summed E-state index contributed by atoms with van der Waals surface area (Å²) in [5, 5.41) is 3.27. The quantitative estimate of drug-likeness (QED) is 0.817. The summed E-state index contributed by atoms with van der Waals surface area (Å²) in [7, 11) is 0. The fourth-order valence-electron chi connectivity index (χ4n) is 2.02. The van der Waals surface area contributed by atoms with E-state index in [1.165, 1.54) is 6.07 Å². The van der Waals surface area contributed by atoms with Gasteiger partial charge in [0.25, 0.3) is 0 Å². The van der Waals surface area contributed by atoms with Crippen molar-refractivity contribution in [2.75, 3.05) is 11.9 Å². The van der Waals surface area contributed by atoms with Crippen LogP contribution in [0.1, 0.15) is 31.0 Å². The second-order valence-electron chi connectivity index (χ2n) is 4.86. The number of nitrogens with zero attached hydrogens (tertiary/aromatic N) is 2. The molecule has 2 aromatic rings. The number of hydrogen-bond donors (Lipinski definition) is 1. The van der Waals surface area contributed by atoms with E-state index < -0.39 is 11.6 Å². The van der Waals surface area contributed by atoms with Crippen molar-refractivity contribution < 1.29 is 8.78 Å². The maximum Gasteiger partial charge on any atom is 0.203 e. The molecule has 108 valence electrons. The third-order valence-electron chi connectivity index (χ3n) is 3.05. The molecule has 0 radical (unpaired) electrons. The van der Waals surface area contributed by atoms with Crippen LogP contribution in [-0.2, 0) is 6.54 Å². The van der Waals surface area contributed by atoms with Crippen LogP contribution in [0.2, 0.25) is 0 Å². The summed E-state index contributed by atoms with van der Waals surface area (Å²) in [5.74, 6) is -0.877. The highest BCUT2D eigenvalue weighted by Gasteiger charge is 2.08. The Bertz CT molecular complexity index is 578. The predicted molar refractivity (Wildman–Crippen MR) is 75.8 cm³/mol. The first-order chi connectivity index (χ1) is 9.60. The van der Waals surface area contributed by atoms with Crippen molar-refractivity contribution in [2.45, 2.75) is 33.2 Å². The fourth-order valence-corrected chi connectivity index (χ4v) is 2.02. The lowest BCUT2D eigenvalue weighted by molar-refractivity contribution is 0.506. The molecule has 0 bridgehead atoms. The zero-order valence-electron chi connectivity index (χ0n) is 11.8. The van der Waals surface area contributed by atoms with Gasteiger partial charge in [0, 0.05) is 12.7 Å². The van der Waals surface area contributed by atoms with Crippen LogP contribution in [0.25, 0.3) is 0 Å². The molecule has 2 rings (SSSR count). The molecule has 0 saturated carbocycles. The lowest BCUT2D eigenvalue weighted by Gasteiger charge is -2.09. The minimum absolute atomic E-state index is 0.465. The number of hydrogen-bond acceptors (Lipinski definition) is 2. The molecule has 0 aliphatic heterocycles. The van der Waals surface area contributed by atoms with E-state index in [-0.39, 0.29) is 0 Å². The summed E-state index contributed by atoms with van der Waals surface area (Å²) >= 11 is 0. The molecule has 0 spiro atoms. The highest BCUT2D eigenvalue weighted by atomic mass is 19.2. The monoisotopic (exact) mass is 279 g/mol. The Morgan fingerprint density at radius 2 is 2.05 bits per heavy atom. The number of unbranched alkanes of at least 4 members (excludes halogenated alkanes) is 1. The molecule has 0 aliphatic carbocycles. The molecule has 20 heavy (non-hydrogen) atoms. The van der Waals surface area contributed by atoms with Crippen molar-refractivity contribution in [3.63, 3.8) is 0 Å². The molecule has 1 N–H and O–H groups in total. The number of anilines is 1. The molecular weight excluding hydrogens is 260 g/mol. The smallest absolute Gasteiger partial charge is 0.203 e. The first-order valence-corrected chi connectivity index (χ1v) is 6.81. The molecule has 1 aromatic heterocycles. The van der Waals surface area contributed by atoms with Crippen LogP contribution < -0.4 is 5.32 Å². The number of nitrogens with one attached hydrogen (secondary N) is 1. The summed E-state index contributed by atoms with van der Waals surface area (Å²) in [5.41, 5.74) is 1.60. The van der Waals surface area contributed by atoms with Crippen LogP contribution in [0.4, 0.5) is 14.7 Å². The predicted octanol–water partition coefficient (Wildman–Crippen LogP) is 3.73. The highest BCUT2D eigenvalue weighted by molar-refractivity contribution is 5.30. The van der Waals surface area contributed by atoms with Crippen molar-refractivity contribution in [3.8, 4) is 0 Å². The maximum absolute atomic E-state index is 13.2. The zero-order valence-corrected chi connectivity index (χ0v) is 11.8. The van der Waals surface area contributed by atoms with Crippen LogP contribution in [0.3, 0.4) is 0 Å². The minimum atomic E-state index is -0.822. The van der Waals surface area contributed by atoms with Crippen molar-refractivity contribution >= 4 is 5.95 Å². The standard InChI is InChI=1S/C15H19F2N3/c1-3-4-7-18-15-19-11(2)9-20(15)10-12-5-6-13(16)14(17)8-12/h5-6,8-9H,3-4,7,10H2,1-2H3,(H,18,19). The average molecular weight is 279 g/mol. The van der Waals surface area contributed by atoms with Gasteiger partial charge in [-0.25, -0.2) is 13.8 Å². The van der Waals surface area contributed by atoms with E-state index in [4.69, 9.17) is 0 Å². The van der Waals surface area contributed by atoms with Gasteiger partial charge in [0.05, 0.1) is 12.2 Å². The van der Waals surface area contributed by atoms with Crippen LogP contribution >= 0.6 is 0 Å². The lowest BCUT2D eigenvalue weighted by Crippen LogP contribution is -2.09. The van der Waals surface area contributed by atoms with Crippen LogP contribution in [0.15, 0.2) is 24.4 Å². The van der Waals surface area contributed by atoms with E-state index >= 15 is 0 Å². The van der Waals surface area contributed by atoms with E-state index in [0.29, 0.717) is 12.1 Å². The largest absolute Gasteiger partial charge is 0.356 e. The first-order valence-electron chi connectivity index (χ1n) is 6.81. The van der Waals surface area contributed by atoms with Gasteiger partial charge in [-0.2, -0.15) is 0 Å². The Labute approximate surface area is 117 Å².